The highest BCUT2D eigenvalue weighted by molar-refractivity contribution is 5.74. The number of urea groups is 1. The summed E-state index contributed by atoms with van der Waals surface area (Å²) in [4.78, 5) is 11.9. The van der Waals surface area contributed by atoms with Gasteiger partial charge in [0.25, 0.3) is 0 Å². The second-order valence-corrected chi connectivity index (χ2v) is 11.3. The van der Waals surface area contributed by atoms with Gasteiger partial charge in [-0.15, -0.1) is 5.10 Å². The Hall–Kier alpha value is -2.94. The first-order valence-electron chi connectivity index (χ1n) is 13.8. The highest BCUT2D eigenvalue weighted by atomic mass is 16.7. The van der Waals surface area contributed by atoms with Crippen molar-refractivity contribution in [2.75, 3.05) is 26.4 Å². The molecule has 0 saturated carbocycles. The summed E-state index contributed by atoms with van der Waals surface area (Å²) in [6.45, 7) is 9.53. The summed E-state index contributed by atoms with van der Waals surface area (Å²) in [6.07, 6.45) is -5.97. The van der Waals surface area contributed by atoms with Crippen molar-refractivity contribution in [2.24, 2.45) is 0 Å². The van der Waals surface area contributed by atoms with Gasteiger partial charge in [0.15, 0.2) is 0 Å². The summed E-state index contributed by atoms with van der Waals surface area (Å²) in [5.74, 6) is 0.959. The number of nitrogens with zero attached hydrogens (tertiary/aromatic N) is 1. The van der Waals surface area contributed by atoms with E-state index in [2.05, 4.69) is 20.8 Å². The molecule has 1 aliphatic rings. The molecular weight excluding hydrogens is 536 g/mol. The SMILES string of the molecule is Cc1cc(OCCCNC(=O)NC(C)(C)CO)ccc1Cc1c(O[C@@H]2O[C@H](CO)[C@@H](O)[C@H](O)[C@H]2O)n[nH]c1C(C)C. The second-order valence-electron chi connectivity index (χ2n) is 11.3. The Labute approximate surface area is 239 Å². The van der Waals surface area contributed by atoms with Gasteiger partial charge in [-0.2, -0.15) is 0 Å². The first-order valence-corrected chi connectivity index (χ1v) is 13.8. The van der Waals surface area contributed by atoms with E-state index >= 15 is 0 Å². The van der Waals surface area contributed by atoms with Gasteiger partial charge in [0.2, 0.25) is 12.2 Å². The monoisotopic (exact) mass is 580 g/mol. The van der Waals surface area contributed by atoms with Crippen molar-refractivity contribution in [3.05, 3.63) is 40.6 Å². The smallest absolute Gasteiger partial charge is 0.315 e. The van der Waals surface area contributed by atoms with E-state index < -0.39 is 42.9 Å². The Morgan fingerprint density at radius 3 is 2.54 bits per heavy atom. The van der Waals surface area contributed by atoms with Crippen LogP contribution in [-0.2, 0) is 11.2 Å². The summed E-state index contributed by atoms with van der Waals surface area (Å²) >= 11 is 0. The van der Waals surface area contributed by atoms with Crippen molar-refractivity contribution in [2.45, 2.75) is 89.6 Å². The number of carbonyl (C=O) groups is 1. The van der Waals surface area contributed by atoms with Crippen molar-refractivity contribution >= 4 is 6.03 Å². The summed E-state index contributed by atoms with van der Waals surface area (Å²) in [5.41, 5.74) is 2.86. The van der Waals surface area contributed by atoms with E-state index in [1.54, 1.807) is 13.8 Å². The molecule has 8 N–H and O–H groups in total. The molecular formula is C28H44N4O9. The maximum atomic E-state index is 11.9. The average molecular weight is 581 g/mol. The minimum Gasteiger partial charge on any atom is -0.494 e. The van der Waals surface area contributed by atoms with Crippen LogP contribution in [0.25, 0.3) is 0 Å². The fraction of sp³-hybridized carbons (Fsp3) is 0.643. The number of aryl methyl sites for hydroxylation is 1. The predicted molar refractivity (Wildman–Crippen MR) is 149 cm³/mol. The molecule has 1 aromatic carbocycles. The lowest BCUT2D eigenvalue weighted by Gasteiger charge is -2.39. The number of nitrogens with one attached hydrogen (secondary N) is 3. The standard InChI is InChI=1S/C28H44N4O9/c1-15(2)21-19(25(32-31-21)41-26-24(37)23(36)22(35)20(13-33)40-26)12-17-7-8-18(11-16(17)3)39-10-6-9-29-27(38)30-28(4,5)14-34/h7-8,11,15,20,22-24,26,33-37H,6,9-10,12-14H2,1-5H3,(H,31,32)(H2,29,30,38)/t20-,22-,23+,24-,26+/m1/s1. The number of aliphatic hydroxyl groups excluding tert-OH is 5. The van der Waals surface area contributed by atoms with E-state index in [0.717, 1.165) is 22.4 Å². The molecule has 1 saturated heterocycles. The zero-order valence-electron chi connectivity index (χ0n) is 24.3. The number of amides is 2. The number of aromatic amines is 1. The number of carbonyl (C=O) groups excluding carboxylic acids is 1. The summed E-state index contributed by atoms with van der Waals surface area (Å²) < 4.78 is 17.2. The molecule has 13 heteroatoms. The highest BCUT2D eigenvalue weighted by Crippen LogP contribution is 2.32. The Morgan fingerprint density at radius 2 is 1.90 bits per heavy atom. The number of rotatable bonds is 13. The van der Waals surface area contributed by atoms with E-state index in [1.807, 2.05) is 39.0 Å². The third-order valence-electron chi connectivity index (χ3n) is 6.92. The zero-order chi connectivity index (χ0) is 30.3. The lowest BCUT2D eigenvalue weighted by atomic mass is 9.96. The van der Waals surface area contributed by atoms with E-state index in [0.29, 0.717) is 31.7 Å². The van der Waals surface area contributed by atoms with Crippen LogP contribution >= 0.6 is 0 Å². The molecule has 0 bridgehead atoms. The third kappa shape index (κ3) is 8.53. The number of ether oxygens (including phenoxy) is 3. The average Bonchev–Trinajstić information content (AvgIpc) is 3.32. The maximum Gasteiger partial charge on any atom is 0.315 e. The number of aromatic nitrogens is 2. The number of H-pyrrole nitrogens is 1. The molecule has 5 atom stereocenters. The molecule has 2 heterocycles. The van der Waals surface area contributed by atoms with Crippen LogP contribution in [0.1, 0.15) is 62.4 Å². The summed E-state index contributed by atoms with van der Waals surface area (Å²) in [6, 6.07) is 5.38. The quantitative estimate of drug-likeness (QED) is 0.154. The topological polar surface area (TPSA) is 199 Å². The van der Waals surface area contributed by atoms with Crippen LogP contribution in [0.15, 0.2) is 18.2 Å². The molecule has 230 valence electrons. The number of hydrogen-bond acceptors (Lipinski definition) is 10. The molecule has 1 aliphatic heterocycles. The molecule has 0 aliphatic carbocycles. The van der Waals surface area contributed by atoms with Gasteiger partial charge in [-0.1, -0.05) is 19.9 Å². The zero-order valence-corrected chi connectivity index (χ0v) is 24.3. The number of benzene rings is 1. The maximum absolute atomic E-state index is 11.9. The van der Waals surface area contributed by atoms with Crippen LogP contribution in [0.5, 0.6) is 11.6 Å². The van der Waals surface area contributed by atoms with Crippen LogP contribution in [0.4, 0.5) is 4.79 Å². The molecule has 0 unspecified atom stereocenters. The third-order valence-corrected chi connectivity index (χ3v) is 6.92. The second kappa shape index (κ2) is 14.3. The molecule has 1 fully saturated rings. The Kier molecular flexibility index (Phi) is 11.4. The molecule has 0 spiro atoms. The van der Waals surface area contributed by atoms with E-state index in [1.165, 1.54) is 0 Å². The first-order chi connectivity index (χ1) is 19.4. The van der Waals surface area contributed by atoms with Crippen LogP contribution in [0.3, 0.4) is 0 Å². The van der Waals surface area contributed by atoms with Gasteiger partial charge < -0.3 is 50.4 Å². The predicted octanol–water partition coefficient (Wildman–Crippen LogP) is 0.450. The van der Waals surface area contributed by atoms with Crippen molar-refractivity contribution in [3.63, 3.8) is 0 Å². The molecule has 2 amide bonds. The normalized spacial score (nSPS) is 23.0. The molecule has 2 aromatic rings. The van der Waals surface area contributed by atoms with E-state index in [4.69, 9.17) is 14.2 Å². The molecule has 3 rings (SSSR count). The van der Waals surface area contributed by atoms with Crippen molar-refractivity contribution < 1.29 is 44.5 Å². The van der Waals surface area contributed by atoms with Crippen molar-refractivity contribution in [1.82, 2.24) is 20.8 Å². The Balaban J connectivity index is 1.62. The van der Waals surface area contributed by atoms with Gasteiger partial charge >= 0.3 is 6.03 Å². The first kappa shape index (κ1) is 32.6. The lowest BCUT2D eigenvalue weighted by Crippen LogP contribution is -2.60. The minimum absolute atomic E-state index is 0.0814. The molecule has 0 radical (unpaired) electrons. The van der Waals surface area contributed by atoms with Gasteiger partial charge in [0.1, 0.15) is 30.2 Å². The minimum atomic E-state index is -1.56. The van der Waals surface area contributed by atoms with Crippen LogP contribution in [-0.4, -0.2) is 104 Å². The van der Waals surface area contributed by atoms with Crippen LogP contribution in [0.2, 0.25) is 0 Å². The molecule has 41 heavy (non-hydrogen) atoms. The Morgan fingerprint density at radius 1 is 1.17 bits per heavy atom. The summed E-state index contributed by atoms with van der Waals surface area (Å²) in [7, 11) is 0. The molecule has 1 aromatic heterocycles. The largest absolute Gasteiger partial charge is 0.494 e. The van der Waals surface area contributed by atoms with Gasteiger partial charge in [-0.25, -0.2) is 4.79 Å². The van der Waals surface area contributed by atoms with Crippen LogP contribution < -0.4 is 20.1 Å². The van der Waals surface area contributed by atoms with Crippen molar-refractivity contribution in [1.29, 1.82) is 0 Å². The van der Waals surface area contributed by atoms with Gasteiger partial charge in [0.05, 0.1) is 25.4 Å². The van der Waals surface area contributed by atoms with Gasteiger partial charge in [-0.3, -0.25) is 5.10 Å². The van der Waals surface area contributed by atoms with Crippen molar-refractivity contribution in [3.8, 4) is 11.6 Å². The lowest BCUT2D eigenvalue weighted by molar-refractivity contribution is -0.278. The fourth-order valence-electron chi connectivity index (χ4n) is 4.38. The fourth-order valence-corrected chi connectivity index (χ4v) is 4.38. The summed E-state index contributed by atoms with van der Waals surface area (Å²) in [5, 5.41) is 62.0. The van der Waals surface area contributed by atoms with Gasteiger partial charge in [-0.05, 0) is 56.4 Å². The van der Waals surface area contributed by atoms with E-state index in [-0.39, 0.29) is 24.4 Å². The van der Waals surface area contributed by atoms with Gasteiger partial charge in [0, 0.05) is 24.2 Å². The Bertz CT molecular complexity index is 1140. The highest BCUT2D eigenvalue weighted by Gasteiger charge is 2.45. The molecule has 13 nitrogen and oxygen atoms in total. The van der Waals surface area contributed by atoms with Crippen LogP contribution in [0, 0.1) is 6.92 Å². The number of hydrogen-bond donors (Lipinski definition) is 8. The number of aliphatic hydroxyl groups is 5. The van der Waals surface area contributed by atoms with E-state index in [9.17, 15) is 30.3 Å².